The molecule has 2 aliphatic rings. The van der Waals surface area contributed by atoms with Gasteiger partial charge in [-0.05, 0) is 24.0 Å². The number of ether oxygens (including phenoxy) is 1. The van der Waals surface area contributed by atoms with Crippen LogP contribution >= 0.6 is 0 Å². The second-order valence-corrected chi connectivity index (χ2v) is 6.61. The predicted octanol–water partition coefficient (Wildman–Crippen LogP) is 2.22. The van der Waals surface area contributed by atoms with E-state index >= 15 is 0 Å². The molecule has 3 atom stereocenters. The first kappa shape index (κ1) is 15.7. The van der Waals surface area contributed by atoms with Gasteiger partial charge < -0.3 is 15.2 Å². The molecule has 0 amide bonds. The highest BCUT2D eigenvalue weighted by Crippen LogP contribution is 2.35. The lowest BCUT2D eigenvalue weighted by Gasteiger charge is -2.16. The summed E-state index contributed by atoms with van der Waals surface area (Å²) < 4.78 is 7.62. The Labute approximate surface area is 151 Å². The lowest BCUT2D eigenvalue weighted by atomic mass is 10.1. The van der Waals surface area contributed by atoms with Crippen LogP contribution in [-0.4, -0.2) is 37.3 Å². The molecule has 7 heteroatoms. The third-order valence-electron chi connectivity index (χ3n) is 5.06. The van der Waals surface area contributed by atoms with Crippen LogP contribution in [0.3, 0.4) is 0 Å². The SMILES string of the molecule is OC[C@H]1[CH][CH][C@H](n2cnc3c(N[C@H]4CCc5ccccc54)ncnc32)O1. The van der Waals surface area contributed by atoms with Gasteiger partial charge in [0.1, 0.15) is 12.6 Å². The van der Waals surface area contributed by atoms with Gasteiger partial charge in [0.2, 0.25) is 0 Å². The molecule has 7 nitrogen and oxygen atoms in total. The second kappa shape index (κ2) is 6.34. The van der Waals surface area contributed by atoms with E-state index in [-0.39, 0.29) is 25.0 Å². The van der Waals surface area contributed by atoms with Crippen LogP contribution in [0.15, 0.2) is 36.9 Å². The number of nitrogens with one attached hydrogen (secondary N) is 1. The van der Waals surface area contributed by atoms with Crippen molar-refractivity contribution in [2.75, 3.05) is 11.9 Å². The van der Waals surface area contributed by atoms with Crippen LogP contribution in [0.5, 0.6) is 0 Å². The molecule has 1 aliphatic carbocycles. The number of aliphatic hydroxyl groups is 1. The quantitative estimate of drug-likeness (QED) is 0.751. The summed E-state index contributed by atoms with van der Waals surface area (Å²) in [5.74, 6) is 0.733. The summed E-state index contributed by atoms with van der Waals surface area (Å²) in [7, 11) is 0. The van der Waals surface area contributed by atoms with E-state index in [2.05, 4.69) is 44.5 Å². The Balaban J connectivity index is 1.45. The van der Waals surface area contributed by atoms with E-state index in [4.69, 9.17) is 4.74 Å². The lowest BCUT2D eigenvalue weighted by molar-refractivity contribution is -0.00602. The highest BCUT2D eigenvalue weighted by molar-refractivity contribution is 5.83. The van der Waals surface area contributed by atoms with Crippen LogP contribution in [0.1, 0.15) is 29.8 Å². The Morgan fingerprint density at radius 2 is 2.12 bits per heavy atom. The summed E-state index contributed by atoms with van der Waals surface area (Å²) in [5, 5.41) is 12.8. The molecule has 0 saturated carbocycles. The largest absolute Gasteiger partial charge is 0.394 e. The molecule has 2 N–H and O–H groups in total. The molecule has 3 heterocycles. The number of aliphatic hydroxyl groups excluding tert-OH is 1. The van der Waals surface area contributed by atoms with E-state index in [1.807, 2.05) is 17.4 Å². The van der Waals surface area contributed by atoms with Crippen LogP contribution in [-0.2, 0) is 11.2 Å². The summed E-state index contributed by atoms with van der Waals surface area (Å²) >= 11 is 0. The second-order valence-electron chi connectivity index (χ2n) is 6.61. The number of aromatic nitrogens is 4. The Bertz CT molecular complexity index is 941. The van der Waals surface area contributed by atoms with Crippen LogP contribution in [0.2, 0.25) is 0 Å². The fourth-order valence-corrected chi connectivity index (χ4v) is 3.77. The fraction of sp³-hybridized carbons (Fsp3) is 0.316. The number of benzene rings is 1. The van der Waals surface area contributed by atoms with Crippen LogP contribution in [0.25, 0.3) is 11.2 Å². The van der Waals surface area contributed by atoms with Crippen molar-refractivity contribution in [1.29, 1.82) is 0 Å². The number of hydrogen-bond acceptors (Lipinski definition) is 6. The minimum atomic E-state index is -0.313. The molecule has 2 radical (unpaired) electrons. The molecule has 5 rings (SSSR count). The monoisotopic (exact) mass is 349 g/mol. The number of anilines is 1. The van der Waals surface area contributed by atoms with Crippen molar-refractivity contribution in [2.45, 2.75) is 31.2 Å². The molecule has 1 saturated heterocycles. The van der Waals surface area contributed by atoms with Crippen LogP contribution < -0.4 is 5.32 Å². The van der Waals surface area contributed by atoms with Crippen LogP contribution in [0, 0.1) is 12.8 Å². The minimum absolute atomic E-state index is 0.0392. The topological polar surface area (TPSA) is 85.1 Å². The summed E-state index contributed by atoms with van der Waals surface area (Å²) in [4.78, 5) is 13.3. The van der Waals surface area contributed by atoms with Gasteiger partial charge in [-0.25, -0.2) is 15.0 Å². The normalized spacial score (nSPS) is 24.9. The van der Waals surface area contributed by atoms with Gasteiger partial charge >= 0.3 is 0 Å². The van der Waals surface area contributed by atoms with Crippen molar-refractivity contribution in [2.24, 2.45) is 0 Å². The molecular formula is C19H19N5O2. The van der Waals surface area contributed by atoms with E-state index < -0.39 is 0 Å². The van der Waals surface area contributed by atoms with Gasteiger partial charge in [-0.2, -0.15) is 0 Å². The Morgan fingerprint density at radius 1 is 1.19 bits per heavy atom. The van der Waals surface area contributed by atoms with E-state index in [1.54, 1.807) is 12.7 Å². The third-order valence-corrected chi connectivity index (χ3v) is 5.06. The molecule has 0 bridgehead atoms. The Kier molecular flexibility index (Phi) is 3.83. The maximum Gasteiger partial charge on any atom is 0.167 e. The summed E-state index contributed by atoms with van der Waals surface area (Å²) in [5.41, 5.74) is 4.15. The Morgan fingerprint density at radius 3 is 3.00 bits per heavy atom. The first-order valence-electron chi connectivity index (χ1n) is 8.80. The molecule has 1 fully saturated rings. The number of hydrogen-bond donors (Lipinski definition) is 2. The predicted molar refractivity (Wildman–Crippen MR) is 96.0 cm³/mol. The third kappa shape index (κ3) is 2.55. The highest BCUT2D eigenvalue weighted by atomic mass is 16.5. The summed E-state index contributed by atoms with van der Waals surface area (Å²) in [6.07, 6.45) is 8.53. The smallest absolute Gasteiger partial charge is 0.167 e. The number of nitrogens with zero attached hydrogens (tertiary/aromatic N) is 4. The van der Waals surface area contributed by atoms with Gasteiger partial charge in [0, 0.05) is 12.8 Å². The van der Waals surface area contributed by atoms with Crippen molar-refractivity contribution < 1.29 is 9.84 Å². The molecule has 0 unspecified atom stereocenters. The number of aryl methyl sites for hydroxylation is 1. The Hall–Kier alpha value is -2.51. The number of fused-ring (bicyclic) bond motifs is 2. The molecule has 1 aliphatic heterocycles. The highest BCUT2D eigenvalue weighted by Gasteiger charge is 2.29. The van der Waals surface area contributed by atoms with E-state index in [0.717, 1.165) is 24.2 Å². The minimum Gasteiger partial charge on any atom is -0.394 e. The van der Waals surface area contributed by atoms with Crippen LogP contribution in [0.4, 0.5) is 5.82 Å². The molecule has 26 heavy (non-hydrogen) atoms. The molecular weight excluding hydrogens is 330 g/mol. The lowest BCUT2D eigenvalue weighted by Crippen LogP contribution is -2.14. The summed E-state index contributed by atoms with van der Waals surface area (Å²) in [6.45, 7) is -0.0392. The standard InChI is InChI=1S/C19H19N5O2/c25-9-13-6-8-16(26-13)24-11-22-17-18(20-10-21-19(17)24)23-15-7-5-12-3-1-2-4-14(12)15/h1-4,6,8,10-11,13,15-16,25H,5,7,9H2,(H,20,21,23)/t13-,15+,16-/m1/s1. The molecule has 3 aromatic rings. The van der Waals surface area contributed by atoms with Gasteiger partial charge in [0.05, 0.1) is 25.1 Å². The van der Waals surface area contributed by atoms with Crippen molar-refractivity contribution in [3.63, 3.8) is 0 Å². The van der Waals surface area contributed by atoms with Gasteiger partial charge in [-0.1, -0.05) is 24.3 Å². The maximum absolute atomic E-state index is 9.24. The van der Waals surface area contributed by atoms with Crippen molar-refractivity contribution >= 4 is 17.0 Å². The van der Waals surface area contributed by atoms with E-state index in [9.17, 15) is 5.11 Å². The first-order valence-corrected chi connectivity index (χ1v) is 8.80. The average molecular weight is 349 g/mol. The fourth-order valence-electron chi connectivity index (χ4n) is 3.77. The number of imidazole rings is 1. The van der Waals surface area contributed by atoms with Crippen molar-refractivity contribution in [1.82, 2.24) is 19.5 Å². The zero-order chi connectivity index (χ0) is 17.5. The van der Waals surface area contributed by atoms with Crippen molar-refractivity contribution in [3.8, 4) is 0 Å². The molecule has 0 spiro atoms. The maximum atomic E-state index is 9.24. The zero-order valence-electron chi connectivity index (χ0n) is 14.1. The van der Waals surface area contributed by atoms with E-state index in [0.29, 0.717) is 5.65 Å². The van der Waals surface area contributed by atoms with Gasteiger partial charge in [-0.3, -0.25) is 4.57 Å². The average Bonchev–Trinajstić information content (AvgIpc) is 3.40. The number of rotatable bonds is 4. The van der Waals surface area contributed by atoms with Gasteiger partial charge in [0.25, 0.3) is 0 Å². The first-order chi connectivity index (χ1) is 12.8. The van der Waals surface area contributed by atoms with Gasteiger partial charge in [0.15, 0.2) is 17.0 Å². The molecule has 2 aromatic heterocycles. The van der Waals surface area contributed by atoms with E-state index in [1.165, 1.54) is 11.1 Å². The van der Waals surface area contributed by atoms with Crippen molar-refractivity contribution in [3.05, 3.63) is 60.9 Å². The molecule has 132 valence electrons. The molecule has 1 aromatic carbocycles. The van der Waals surface area contributed by atoms with Gasteiger partial charge in [-0.15, -0.1) is 0 Å². The zero-order valence-corrected chi connectivity index (χ0v) is 14.1. The summed E-state index contributed by atoms with van der Waals surface area (Å²) in [6, 6.07) is 8.74.